The Morgan fingerprint density at radius 2 is 1.03 bits per heavy atom. The minimum atomic E-state index is -1.75. The molecule has 3 rings (SSSR count). The van der Waals surface area contributed by atoms with Crippen molar-refractivity contribution in [2.45, 2.75) is 20.8 Å². The molecule has 34 heavy (non-hydrogen) atoms. The summed E-state index contributed by atoms with van der Waals surface area (Å²) in [6.07, 6.45) is 0. The number of aromatic amines is 2. The predicted molar refractivity (Wildman–Crippen MR) is 113 cm³/mol. The summed E-state index contributed by atoms with van der Waals surface area (Å²) < 4.78 is 0. The number of nitrogens with one attached hydrogen (secondary N) is 2. The maximum Gasteiger partial charge on any atom is 3.00 e. The molecule has 186 valence electrons. The van der Waals surface area contributed by atoms with E-state index in [1.807, 2.05) is 44.2 Å². The van der Waals surface area contributed by atoms with Crippen LogP contribution in [0.4, 0.5) is 0 Å². The number of hydrogen-bond acceptors (Lipinski definition) is 13. The first-order valence-electron chi connectivity index (χ1n) is 8.41. The van der Waals surface area contributed by atoms with Gasteiger partial charge < -0.3 is 51.1 Å². The van der Waals surface area contributed by atoms with Crippen LogP contribution in [-0.4, -0.2) is 52.4 Å². The zero-order valence-corrected chi connectivity index (χ0v) is 20.2. The molecule has 0 atom stereocenters. The fraction of sp³-hybridized carbons (Fsp3) is 0.267. The first-order valence-corrected chi connectivity index (χ1v) is 8.41. The molecule has 3 aromatic heterocycles. The SMILES string of the molecule is CCO.Cc1cc(-c2cccc(-c3cc(C)[nH]n3)n2)n[nH]1.O=[N+]([O-])[O-].O=[N+]([O-])[O-].O=[N+]([O-])[O-].[Eu+3]. The first-order chi connectivity index (χ1) is 15.3. The van der Waals surface area contributed by atoms with Crippen molar-refractivity contribution in [1.29, 1.82) is 0 Å². The summed E-state index contributed by atoms with van der Waals surface area (Å²) in [7, 11) is 0. The molecule has 18 nitrogen and oxygen atoms in total. The van der Waals surface area contributed by atoms with Crippen molar-refractivity contribution in [2.75, 3.05) is 6.61 Å². The number of H-pyrrole nitrogens is 2. The van der Waals surface area contributed by atoms with Crippen LogP contribution in [0.15, 0.2) is 30.3 Å². The number of pyridine rings is 1. The molecule has 0 bridgehead atoms. The maximum atomic E-state index is 8.25. The van der Waals surface area contributed by atoms with E-state index in [1.165, 1.54) is 0 Å². The number of aliphatic hydroxyl groups excluding tert-OH is 1. The minimum absolute atomic E-state index is 0. The van der Waals surface area contributed by atoms with Crippen molar-refractivity contribution in [2.24, 2.45) is 0 Å². The Kier molecular flexibility index (Phi) is 21.1. The van der Waals surface area contributed by atoms with Crippen LogP contribution in [0.1, 0.15) is 18.3 Å². The third kappa shape index (κ3) is 20.6. The number of aliphatic hydroxyl groups is 1. The van der Waals surface area contributed by atoms with Gasteiger partial charge in [0.05, 0.1) is 26.6 Å². The van der Waals surface area contributed by atoms with Crippen LogP contribution in [0, 0.1) is 109 Å². The van der Waals surface area contributed by atoms with Crippen LogP contribution in [0.3, 0.4) is 0 Å². The van der Waals surface area contributed by atoms with E-state index in [0.29, 0.717) is 0 Å². The van der Waals surface area contributed by atoms with Gasteiger partial charge in [-0.2, -0.15) is 10.2 Å². The van der Waals surface area contributed by atoms with E-state index in [9.17, 15) is 0 Å². The fourth-order valence-corrected chi connectivity index (χ4v) is 1.82. The van der Waals surface area contributed by atoms with Gasteiger partial charge in [0, 0.05) is 18.0 Å². The third-order valence-corrected chi connectivity index (χ3v) is 2.69. The molecule has 19 heteroatoms. The largest absolute Gasteiger partial charge is 3.00 e. The monoisotopic (exact) mass is 624 g/mol. The molecule has 0 amide bonds. The molecule has 0 saturated carbocycles. The number of hydrogen-bond donors (Lipinski definition) is 3. The smallest absolute Gasteiger partial charge is 0.397 e. The van der Waals surface area contributed by atoms with E-state index < -0.39 is 15.3 Å². The van der Waals surface area contributed by atoms with Crippen molar-refractivity contribution in [3.05, 3.63) is 87.7 Å². The van der Waals surface area contributed by atoms with Gasteiger partial charge in [-0.3, -0.25) is 10.2 Å². The van der Waals surface area contributed by atoms with E-state index in [1.54, 1.807) is 6.92 Å². The summed E-state index contributed by atoms with van der Waals surface area (Å²) in [5, 5.41) is 66.1. The van der Waals surface area contributed by atoms with Gasteiger partial charge in [-0.1, -0.05) is 6.07 Å². The van der Waals surface area contributed by atoms with E-state index in [0.717, 1.165) is 34.2 Å². The summed E-state index contributed by atoms with van der Waals surface area (Å²) in [5.41, 5.74) is 5.43. The molecular formula is C15H19EuN8O10. The van der Waals surface area contributed by atoms with Crippen LogP contribution < -0.4 is 0 Å². The van der Waals surface area contributed by atoms with Gasteiger partial charge in [0.2, 0.25) is 0 Å². The zero-order chi connectivity index (χ0) is 26.0. The summed E-state index contributed by atoms with van der Waals surface area (Å²) >= 11 is 0. The van der Waals surface area contributed by atoms with Crippen LogP contribution in [-0.2, 0) is 0 Å². The molecule has 0 radical (unpaired) electrons. The van der Waals surface area contributed by atoms with Crippen molar-refractivity contribution >= 4 is 0 Å². The summed E-state index contributed by atoms with van der Waals surface area (Å²) in [5.74, 6) is 0. The minimum Gasteiger partial charge on any atom is -0.397 e. The third-order valence-electron chi connectivity index (χ3n) is 2.69. The molecular weight excluding hydrogens is 604 g/mol. The molecule has 0 aliphatic heterocycles. The Balaban J connectivity index is -0.000000500. The van der Waals surface area contributed by atoms with Crippen LogP contribution in [0.25, 0.3) is 22.8 Å². The van der Waals surface area contributed by atoms with E-state index in [-0.39, 0.29) is 56.0 Å². The van der Waals surface area contributed by atoms with E-state index in [2.05, 4.69) is 25.4 Å². The predicted octanol–water partition coefficient (Wildman–Crippen LogP) is 1.76. The fourth-order valence-electron chi connectivity index (χ4n) is 1.82. The maximum absolute atomic E-state index is 8.25. The van der Waals surface area contributed by atoms with Gasteiger partial charge in [0.15, 0.2) is 0 Å². The van der Waals surface area contributed by atoms with Gasteiger partial charge in [-0.25, -0.2) is 4.98 Å². The number of aromatic nitrogens is 5. The van der Waals surface area contributed by atoms with Gasteiger partial charge in [0.1, 0.15) is 11.4 Å². The normalized spacial score (nSPS) is 8.35. The Labute approximate surface area is 231 Å². The molecule has 0 aromatic carbocycles. The zero-order valence-electron chi connectivity index (χ0n) is 17.8. The number of nitrogens with zero attached hydrogens (tertiary/aromatic N) is 6. The molecule has 3 N–H and O–H groups in total. The second-order valence-corrected chi connectivity index (χ2v) is 5.27. The topological polar surface area (TPSA) is 289 Å². The summed E-state index contributed by atoms with van der Waals surface area (Å²) in [6, 6.07) is 9.80. The molecule has 0 spiro atoms. The second kappa shape index (κ2) is 20.3. The summed E-state index contributed by atoms with van der Waals surface area (Å²) in [6.45, 7) is 5.87. The average Bonchev–Trinajstić information content (AvgIpc) is 3.30. The van der Waals surface area contributed by atoms with Gasteiger partial charge in [0.25, 0.3) is 0 Å². The quantitative estimate of drug-likeness (QED) is 0.271. The average molecular weight is 623 g/mol. The molecule has 0 unspecified atom stereocenters. The Morgan fingerprint density at radius 3 is 1.24 bits per heavy atom. The van der Waals surface area contributed by atoms with Gasteiger partial charge in [-0.05, 0) is 45.0 Å². The van der Waals surface area contributed by atoms with Crippen molar-refractivity contribution < 1.29 is 69.7 Å². The Morgan fingerprint density at radius 1 is 0.765 bits per heavy atom. The van der Waals surface area contributed by atoms with Crippen LogP contribution in [0.2, 0.25) is 0 Å². The van der Waals surface area contributed by atoms with Crippen LogP contribution >= 0.6 is 0 Å². The first kappa shape index (κ1) is 35.3. The number of rotatable bonds is 2. The second-order valence-electron chi connectivity index (χ2n) is 5.27. The van der Waals surface area contributed by atoms with E-state index in [4.69, 9.17) is 51.1 Å². The van der Waals surface area contributed by atoms with Crippen LogP contribution in [0.5, 0.6) is 0 Å². The Hall–Kier alpha value is -3.29. The van der Waals surface area contributed by atoms with Gasteiger partial charge >= 0.3 is 49.4 Å². The van der Waals surface area contributed by atoms with Crippen molar-refractivity contribution in [1.82, 2.24) is 25.4 Å². The van der Waals surface area contributed by atoms with E-state index >= 15 is 0 Å². The molecule has 3 heterocycles. The molecule has 0 aliphatic carbocycles. The summed E-state index contributed by atoms with van der Waals surface area (Å²) in [4.78, 5) is 29.3. The Bertz CT molecular complexity index is 901. The molecule has 0 saturated heterocycles. The molecule has 0 fully saturated rings. The standard InChI is InChI=1S/C13H13N5.C2H6O.Eu.3NO3/c1-8-6-12(17-15-8)10-4-3-5-11(14-10)13-7-9(2)16-18-13;1-2-3;;3*2-1(3)4/h3-7H,1-2H3,(H,15,17)(H,16,18);3H,2H2,1H3;;;;/q;;+3;3*-1. The molecule has 0 aliphatic rings. The number of aryl methyl sites for hydroxylation is 2. The molecule has 3 aromatic rings. The van der Waals surface area contributed by atoms with Crippen molar-refractivity contribution in [3.8, 4) is 22.8 Å². The van der Waals surface area contributed by atoms with Crippen molar-refractivity contribution in [3.63, 3.8) is 0 Å². The van der Waals surface area contributed by atoms with Gasteiger partial charge in [-0.15, -0.1) is 0 Å².